The normalized spacial score (nSPS) is 26.3. The van der Waals surface area contributed by atoms with Crippen molar-refractivity contribution in [2.45, 2.75) is 117 Å². The maximum atomic E-state index is 12.9. The average Bonchev–Trinajstić information content (AvgIpc) is 2.83. The Bertz CT molecular complexity index is 867. The number of hydrogen-bond donors (Lipinski definition) is 0. The van der Waals surface area contributed by atoms with Crippen LogP contribution in [0.2, 0.25) is 0 Å². The molecular weight excluding hydrogens is 439 g/mol. The van der Waals surface area contributed by atoms with E-state index in [1.54, 1.807) is 0 Å². The molecule has 1 aliphatic carbocycles. The van der Waals surface area contributed by atoms with Crippen molar-refractivity contribution >= 4 is 24.3 Å². The molecule has 1 heterocycles. The van der Waals surface area contributed by atoms with Gasteiger partial charge in [0, 0.05) is 18.4 Å². The van der Waals surface area contributed by atoms with Gasteiger partial charge in [0.25, 0.3) is 0 Å². The van der Waals surface area contributed by atoms with Crippen LogP contribution in [-0.2, 0) is 18.8 Å². The van der Waals surface area contributed by atoms with E-state index < -0.39 is 12.7 Å². The summed E-state index contributed by atoms with van der Waals surface area (Å²) in [4.78, 5) is 25.2. The Labute approximate surface area is 212 Å². The van der Waals surface area contributed by atoms with Gasteiger partial charge >= 0.3 is 13.1 Å². The van der Waals surface area contributed by atoms with Gasteiger partial charge in [-0.2, -0.15) is 0 Å². The van der Waals surface area contributed by atoms with Crippen LogP contribution in [0.5, 0.6) is 0 Å². The highest BCUT2D eigenvalue weighted by molar-refractivity contribution is 6.62. The van der Waals surface area contributed by atoms with Crippen molar-refractivity contribution in [1.82, 2.24) is 0 Å². The molecule has 0 spiro atoms. The minimum Gasteiger partial charge on any atom is -0.460 e. The summed E-state index contributed by atoms with van der Waals surface area (Å²) in [6.07, 6.45) is 6.29. The Morgan fingerprint density at radius 2 is 1.63 bits per heavy atom. The number of hydrogen-bond acceptors (Lipinski definition) is 5. The van der Waals surface area contributed by atoms with Crippen LogP contribution in [0.15, 0.2) is 24.3 Å². The van der Waals surface area contributed by atoms with E-state index in [0.717, 1.165) is 43.1 Å². The smallest absolute Gasteiger partial charge is 0.460 e. The summed E-state index contributed by atoms with van der Waals surface area (Å²) < 4.78 is 17.8. The fourth-order valence-electron chi connectivity index (χ4n) is 5.29. The fraction of sp³-hybridized carbons (Fsp3) is 0.724. The molecule has 1 saturated heterocycles. The number of carbonyl (C=O) groups is 2. The molecule has 3 atom stereocenters. The summed E-state index contributed by atoms with van der Waals surface area (Å²) in [5, 5.41) is 0. The van der Waals surface area contributed by atoms with Crippen molar-refractivity contribution in [1.29, 1.82) is 0 Å². The van der Waals surface area contributed by atoms with Gasteiger partial charge in [0.1, 0.15) is 5.60 Å². The number of ether oxygens (including phenoxy) is 1. The van der Waals surface area contributed by atoms with Crippen LogP contribution < -0.4 is 5.46 Å². The van der Waals surface area contributed by atoms with Crippen LogP contribution in [0.4, 0.5) is 0 Å². The Balaban J connectivity index is 1.50. The molecule has 1 aromatic carbocycles. The van der Waals surface area contributed by atoms with E-state index in [1.807, 2.05) is 72.7 Å². The van der Waals surface area contributed by atoms with E-state index in [4.69, 9.17) is 14.0 Å². The first-order chi connectivity index (χ1) is 16.2. The van der Waals surface area contributed by atoms with E-state index in [0.29, 0.717) is 30.6 Å². The minimum atomic E-state index is -0.432. The third kappa shape index (κ3) is 7.42. The molecule has 0 N–H and O–H groups in total. The molecule has 1 saturated carbocycles. The number of carbonyl (C=O) groups excluding carboxylic acids is 2. The Hall–Kier alpha value is -1.66. The topological polar surface area (TPSA) is 61.8 Å². The van der Waals surface area contributed by atoms with Crippen LogP contribution in [0, 0.1) is 17.8 Å². The number of rotatable bonds is 7. The lowest BCUT2D eigenvalue weighted by atomic mass is 9.78. The van der Waals surface area contributed by atoms with Crippen molar-refractivity contribution in [2.24, 2.45) is 17.8 Å². The first-order valence-corrected chi connectivity index (χ1v) is 13.4. The molecule has 2 fully saturated rings. The van der Waals surface area contributed by atoms with Gasteiger partial charge in [-0.1, -0.05) is 44.0 Å². The Morgan fingerprint density at radius 3 is 2.20 bits per heavy atom. The SMILES string of the molecule is CC1CC(CC(=O)OC(C)(C)C)CCCC1CCC(=O)c1ccc(B2OC(C)(C)C(C)(C)O2)cc1. The summed E-state index contributed by atoms with van der Waals surface area (Å²) in [7, 11) is -0.412. The van der Waals surface area contributed by atoms with Gasteiger partial charge in [-0.25, -0.2) is 0 Å². The number of benzene rings is 1. The van der Waals surface area contributed by atoms with Gasteiger partial charge in [0.2, 0.25) is 0 Å². The van der Waals surface area contributed by atoms with Crippen LogP contribution in [-0.4, -0.2) is 35.7 Å². The van der Waals surface area contributed by atoms with Gasteiger partial charge in [0.05, 0.1) is 11.2 Å². The van der Waals surface area contributed by atoms with Crippen molar-refractivity contribution in [3.8, 4) is 0 Å². The largest absolute Gasteiger partial charge is 0.494 e. The molecule has 0 radical (unpaired) electrons. The van der Waals surface area contributed by atoms with Gasteiger partial charge in [-0.15, -0.1) is 0 Å². The van der Waals surface area contributed by atoms with E-state index >= 15 is 0 Å². The van der Waals surface area contributed by atoms with Gasteiger partial charge in [-0.05, 0) is 90.9 Å². The maximum absolute atomic E-state index is 12.9. The fourth-order valence-corrected chi connectivity index (χ4v) is 5.29. The second kappa shape index (κ2) is 10.8. The first kappa shape index (κ1) is 27.9. The molecule has 194 valence electrons. The first-order valence-electron chi connectivity index (χ1n) is 13.4. The average molecular weight is 484 g/mol. The molecule has 1 aromatic rings. The van der Waals surface area contributed by atoms with E-state index in [1.165, 1.54) is 0 Å². The highest BCUT2D eigenvalue weighted by Crippen LogP contribution is 2.37. The lowest BCUT2D eigenvalue weighted by Crippen LogP contribution is -2.41. The maximum Gasteiger partial charge on any atom is 0.494 e. The predicted molar refractivity (Wildman–Crippen MR) is 141 cm³/mol. The second-order valence-corrected chi connectivity index (χ2v) is 12.7. The van der Waals surface area contributed by atoms with Crippen molar-refractivity contribution < 1.29 is 23.6 Å². The van der Waals surface area contributed by atoms with E-state index in [9.17, 15) is 9.59 Å². The highest BCUT2D eigenvalue weighted by atomic mass is 16.7. The number of esters is 1. The van der Waals surface area contributed by atoms with Gasteiger partial charge < -0.3 is 14.0 Å². The lowest BCUT2D eigenvalue weighted by Gasteiger charge is -2.32. The van der Waals surface area contributed by atoms with E-state index in [-0.39, 0.29) is 23.0 Å². The highest BCUT2D eigenvalue weighted by Gasteiger charge is 2.51. The molecular formula is C29H45BO5. The summed E-state index contributed by atoms with van der Waals surface area (Å²) in [6.45, 7) is 16.2. The molecule has 0 aromatic heterocycles. The summed E-state index contributed by atoms with van der Waals surface area (Å²) in [5.41, 5.74) is 0.489. The lowest BCUT2D eigenvalue weighted by molar-refractivity contribution is -0.156. The molecule has 3 unspecified atom stereocenters. The predicted octanol–water partition coefficient (Wildman–Crippen LogP) is 6.12. The van der Waals surface area contributed by atoms with Gasteiger partial charge in [-0.3, -0.25) is 9.59 Å². The third-order valence-corrected chi connectivity index (χ3v) is 8.07. The molecule has 35 heavy (non-hydrogen) atoms. The molecule has 1 aliphatic heterocycles. The van der Waals surface area contributed by atoms with Crippen molar-refractivity contribution in [3.05, 3.63) is 29.8 Å². The van der Waals surface area contributed by atoms with Crippen molar-refractivity contribution in [2.75, 3.05) is 0 Å². The second-order valence-electron chi connectivity index (χ2n) is 12.7. The molecule has 0 bridgehead atoms. The summed E-state index contributed by atoms with van der Waals surface area (Å²) in [6, 6.07) is 7.70. The third-order valence-electron chi connectivity index (χ3n) is 8.07. The van der Waals surface area contributed by atoms with Crippen LogP contribution >= 0.6 is 0 Å². The zero-order chi connectivity index (χ0) is 26.0. The Kier molecular flexibility index (Phi) is 8.59. The molecule has 3 rings (SSSR count). The zero-order valence-corrected chi connectivity index (χ0v) is 23.1. The quantitative estimate of drug-likeness (QED) is 0.202. The molecule has 6 heteroatoms. The van der Waals surface area contributed by atoms with Crippen LogP contribution in [0.1, 0.15) is 111 Å². The number of ketones is 1. The van der Waals surface area contributed by atoms with E-state index in [2.05, 4.69) is 6.92 Å². The number of Topliss-reactive ketones (excluding diaryl/α,β-unsaturated/α-hetero) is 1. The zero-order valence-electron chi connectivity index (χ0n) is 23.1. The summed E-state index contributed by atoms with van der Waals surface area (Å²) >= 11 is 0. The van der Waals surface area contributed by atoms with Crippen molar-refractivity contribution in [3.63, 3.8) is 0 Å². The molecule has 5 nitrogen and oxygen atoms in total. The van der Waals surface area contributed by atoms with Crippen LogP contribution in [0.25, 0.3) is 0 Å². The standard InChI is InChI=1S/C29H45BO5/c1-20-18-21(19-26(32)33-27(2,3)4)10-9-11-22(20)14-17-25(31)23-12-15-24(16-13-23)30-34-28(5,6)29(7,8)35-30/h12-13,15-16,20-22H,9-11,14,17-19H2,1-8H3. The molecule has 0 amide bonds. The van der Waals surface area contributed by atoms with Gasteiger partial charge in [0.15, 0.2) is 5.78 Å². The monoisotopic (exact) mass is 484 g/mol. The van der Waals surface area contributed by atoms with Crippen LogP contribution in [0.3, 0.4) is 0 Å². The molecule has 2 aliphatic rings. The Morgan fingerprint density at radius 1 is 1.03 bits per heavy atom. The summed E-state index contributed by atoms with van der Waals surface area (Å²) in [5.74, 6) is 1.50. The minimum absolute atomic E-state index is 0.0905.